The van der Waals surface area contributed by atoms with Crippen molar-refractivity contribution in [2.45, 2.75) is 17.9 Å². The third-order valence-electron chi connectivity index (χ3n) is 2.31. The molecular formula is C12H10BrNO4. The van der Waals surface area contributed by atoms with Crippen LogP contribution >= 0.6 is 15.9 Å². The summed E-state index contributed by atoms with van der Waals surface area (Å²) >= 11 is 3.15. The molecule has 0 heterocycles. The molecule has 0 spiro atoms. The number of aliphatic carboxylic acids is 1. The molecule has 6 heteroatoms. The van der Waals surface area contributed by atoms with E-state index in [1.54, 1.807) is 0 Å². The van der Waals surface area contributed by atoms with Crippen LogP contribution in [-0.4, -0.2) is 22.0 Å². The number of hydrogen-bond acceptors (Lipinski definition) is 4. The molecular weight excluding hydrogens is 302 g/mol. The van der Waals surface area contributed by atoms with E-state index in [9.17, 15) is 14.7 Å². The fraction of sp³-hybridized carbons (Fsp3) is 0.250. The monoisotopic (exact) mass is 311 g/mol. The fourth-order valence-electron chi connectivity index (χ4n) is 1.42. The summed E-state index contributed by atoms with van der Waals surface area (Å²) in [5.41, 5.74) is 0.701. The molecule has 0 aliphatic heterocycles. The fourth-order valence-corrected chi connectivity index (χ4v) is 1.69. The van der Waals surface area contributed by atoms with Crippen LogP contribution in [0.4, 0.5) is 0 Å². The second-order valence-electron chi connectivity index (χ2n) is 3.71. The molecule has 1 rings (SSSR count). The third kappa shape index (κ3) is 3.15. The molecule has 0 saturated carbocycles. The van der Waals surface area contributed by atoms with E-state index in [4.69, 9.17) is 10.4 Å². The van der Waals surface area contributed by atoms with Crippen molar-refractivity contribution in [2.24, 2.45) is 0 Å². The van der Waals surface area contributed by atoms with Crippen molar-refractivity contribution in [1.29, 1.82) is 5.26 Å². The second kappa shape index (κ2) is 5.76. The highest BCUT2D eigenvalue weighted by atomic mass is 79.9. The van der Waals surface area contributed by atoms with Gasteiger partial charge in [-0.15, -0.1) is 0 Å². The average molecular weight is 312 g/mol. The highest BCUT2D eigenvalue weighted by Crippen LogP contribution is 2.27. The molecule has 94 valence electrons. The minimum absolute atomic E-state index is 0.0715. The summed E-state index contributed by atoms with van der Waals surface area (Å²) in [7, 11) is 0. The van der Waals surface area contributed by atoms with Gasteiger partial charge in [-0.25, -0.2) is 4.79 Å². The number of carbonyl (C=O) groups excluding carboxylic acids is 1. The van der Waals surface area contributed by atoms with Gasteiger partial charge in [0, 0.05) is 0 Å². The van der Waals surface area contributed by atoms with Gasteiger partial charge in [-0.05, 0) is 30.2 Å². The number of ketones is 1. The zero-order valence-electron chi connectivity index (χ0n) is 9.42. The van der Waals surface area contributed by atoms with Gasteiger partial charge in [-0.2, -0.15) is 5.26 Å². The molecule has 1 aromatic rings. The van der Waals surface area contributed by atoms with Gasteiger partial charge in [0.1, 0.15) is 5.78 Å². The first-order valence-corrected chi connectivity index (χ1v) is 5.88. The van der Waals surface area contributed by atoms with Crippen molar-refractivity contribution in [2.75, 3.05) is 0 Å². The van der Waals surface area contributed by atoms with Gasteiger partial charge in [0.25, 0.3) is 0 Å². The molecule has 0 aliphatic rings. The van der Waals surface area contributed by atoms with E-state index in [0.29, 0.717) is 5.56 Å². The number of aliphatic hydroxyl groups is 1. The van der Waals surface area contributed by atoms with Crippen LogP contribution in [0.25, 0.3) is 0 Å². The van der Waals surface area contributed by atoms with Crippen LogP contribution in [0.15, 0.2) is 18.2 Å². The molecule has 18 heavy (non-hydrogen) atoms. The quantitative estimate of drug-likeness (QED) is 0.825. The van der Waals surface area contributed by atoms with E-state index in [1.807, 2.05) is 6.07 Å². The zero-order chi connectivity index (χ0) is 13.9. The minimum atomic E-state index is -1.72. The number of nitriles is 1. The van der Waals surface area contributed by atoms with Gasteiger partial charge in [-0.3, -0.25) is 4.79 Å². The third-order valence-corrected chi connectivity index (χ3v) is 3.48. The number of benzene rings is 1. The smallest absolute Gasteiger partial charge is 0.337 e. The molecule has 1 aromatic carbocycles. The molecule has 0 saturated heterocycles. The van der Waals surface area contributed by atoms with Gasteiger partial charge in [0.15, 0.2) is 6.10 Å². The Labute approximate surface area is 112 Å². The van der Waals surface area contributed by atoms with E-state index in [-0.39, 0.29) is 16.9 Å². The SMILES string of the molecule is CC(=O)C(Br)c1cc(C#N)cc(C(O)C(=O)O)c1. The summed E-state index contributed by atoms with van der Waals surface area (Å²) in [6, 6.07) is 6.00. The lowest BCUT2D eigenvalue weighted by Crippen LogP contribution is -2.12. The molecule has 0 amide bonds. The van der Waals surface area contributed by atoms with E-state index in [0.717, 1.165) is 0 Å². The van der Waals surface area contributed by atoms with Crippen molar-refractivity contribution in [1.82, 2.24) is 0 Å². The normalized spacial score (nSPS) is 13.4. The van der Waals surface area contributed by atoms with Crippen molar-refractivity contribution in [3.05, 3.63) is 34.9 Å². The lowest BCUT2D eigenvalue weighted by molar-refractivity contribution is -0.146. The van der Waals surface area contributed by atoms with Gasteiger partial charge >= 0.3 is 5.97 Å². The predicted molar refractivity (Wildman–Crippen MR) is 66.1 cm³/mol. The number of rotatable bonds is 4. The predicted octanol–water partition coefficient (Wildman–Crippen LogP) is 1.70. The molecule has 0 radical (unpaired) electrons. The van der Waals surface area contributed by atoms with E-state index in [2.05, 4.69) is 15.9 Å². The number of carbonyl (C=O) groups is 2. The maximum Gasteiger partial charge on any atom is 0.337 e. The Bertz CT molecular complexity index is 497. The first-order chi connectivity index (χ1) is 8.36. The van der Waals surface area contributed by atoms with Gasteiger partial charge in [-0.1, -0.05) is 22.0 Å². The Balaban J connectivity index is 3.30. The van der Waals surface area contributed by atoms with Crippen LogP contribution in [0.3, 0.4) is 0 Å². The highest BCUT2D eigenvalue weighted by Gasteiger charge is 2.20. The average Bonchev–Trinajstić information content (AvgIpc) is 2.35. The van der Waals surface area contributed by atoms with Crippen LogP contribution < -0.4 is 0 Å². The number of nitrogens with zero attached hydrogens (tertiary/aromatic N) is 1. The highest BCUT2D eigenvalue weighted by molar-refractivity contribution is 9.09. The maximum absolute atomic E-state index is 11.3. The maximum atomic E-state index is 11.3. The zero-order valence-corrected chi connectivity index (χ0v) is 11.0. The molecule has 2 atom stereocenters. The topological polar surface area (TPSA) is 98.4 Å². The standard InChI is InChI=1S/C12H10BrNO4/c1-6(15)10(13)8-2-7(5-14)3-9(4-8)11(16)12(17)18/h2-4,10-11,16H,1H3,(H,17,18). The Morgan fingerprint density at radius 1 is 1.33 bits per heavy atom. The first kappa shape index (κ1) is 14.4. The number of carboxylic acid groups (broad SMARTS) is 1. The van der Waals surface area contributed by atoms with E-state index in [1.165, 1.54) is 25.1 Å². The van der Waals surface area contributed by atoms with Crippen molar-refractivity contribution < 1.29 is 19.8 Å². The van der Waals surface area contributed by atoms with E-state index >= 15 is 0 Å². The second-order valence-corrected chi connectivity index (χ2v) is 4.63. The number of aliphatic hydroxyl groups excluding tert-OH is 1. The Morgan fingerprint density at radius 2 is 1.89 bits per heavy atom. The van der Waals surface area contributed by atoms with Gasteiger partial charge in [0.2, 0.25) is 0 Å². The van der Waals surface area contributed by atoms with Crippen molar-refractivity contribution in [3.63, 3.8) is 0 Å². The van der Waals surface area contributed by atoms with Crippen LogP contribution in [0, 0.1) is 11.3 Å². The summed E-state index contributed by atoms with van der Waals surface area (Å²) in [6.45, 7) is 1.37. The van der Waals surface area contributed by atoms with Crippen LogP contribution in [0.1, 0.15) is 34.5 Å². The summed E-state index contributed by atoms with van der Waals surface area (Å²) in [5, 5.41) is 27.0. The molecule has 2 unspecified atom stereocenters. The number of carboxylic acids is 1. The Hall–Kier alpha value is -1.71. The molecule has 2 N–H and O–H groups in total. The summed E-state index contributed by atoms with van der Waals surface area (Å²) in [4.78, 5) is 21.3. The minimum Gasteiger partial charge on any atom is -0.479 e. The van der Waals surface area contributed by atoms with Crippen molar-refractivity contribution in [3.8, 4) is 6.07 Å². The van der Waals surface area contributed by atoms with E-state index < -0.39 is 16.9 Å². The lowest BCUT2D eigenvalue weighted by Gasteiger charge is -2.11. The Morgan fingerprint density at radius 3 is 2.33 bits per heavy atom. The Kier molecular flexibility index (Phi) is 4.59. The number of hydrogen-bond donors (Lipinski definition) is 2. The molecule has 0 aliphatic carbocycles. The summed E-state index contributed by atoms with van der Waals surface area (Å²) < 4.78 is 0. The van der Waals surface area contributed by atoms with Gasteiger partial charge < -0.3 is 10.2 Å². The number of Topliss-reactive ketones (excluding diaryl/α,β-unsaturated/α-hetero) is 1. The largest absolute Gasteiger partial charge is 0.479 e. The van der Waals surface area contributed by atoms with Crippen LogP contribution in [-0.2, 0) is 9.59 Å². The molecule has 0 fully saturated rings. The molecule has 5 nitrogen and oxygen atoms in total. The van der Waals surface area contributed by atoms with Gasteiger partial charge in [0.05, 0.1) is 16.5 Å². The van der Waals surface area contributed by atoms with Crippen molar-refractivity contribution >= 4 is 27.7 Å². The first-order valence-electron chi connectivity index (χ1n) is 4.97. The number of alkyl halides is 1. The molecule has 0 bridgehead atoms. The summed E-state index contributed by atoms with van der Waals surface area (Å²) in [6.07, 6.45) is -1.72. The van der Waals surface area contributed by atoms with Crippen LogP contribution in [0.2, 0.25) is 0 Å². The lowest BCUT2D eigenvalue weighted by atomic mass is 9.99. The number of halogens is 1. The summed E-state index contributed by atoms with van der Waals surface area (Å²) in [5.74, 6) is -1.59. The molecule has 0 aromatic heterocycles. The van der Waals surface area contributed by atoms with Crippen LogP contribution in [0.5, 0.6) is 0 Å².